The zero-order chi connectivity index (χ0) is 43.2. The minimum absolute atomic E-state index is 0.00592. The largest absolute Gasteiger partial charge is 0.457 e. The number of ether oxygens (including phenoxy) is 4. The zero-order valence-electron chi connectivity index (χ0n) is 36.3. The van der Waals surface area contributed by atoms with E-state index in [-0.39, 0.29) is 19.6 Å². The number of unbranched alkanes of at least 4 members (excludes halogenated alkanes) is 15. The summed E-state index contributed by atoms with van der Waals surface area (Å²) in [6, 6.07) is 0. The van der Waals surface area contributed by atoms with Crippen molar-refractivity contribution in [3.05, 3.63) is 60.8 Å². The van der Waals surface area contributed by atoms with E-state index in [0.717, 1.165) is 70.6 Å². The molecule has 0 saturated carbocycles. The van der Waals surface area contributed by atoms with Crippen LogP contribution in [0.15, 0.2) is 60.8 Å². The highest BCUT2D eigenvalue weighted by atomic mass is 32.3. The van der Waals surface area contributed by atoms with E-state index < -0.39 is 59.8 Å². The SMILES string of the molecule is CC/C=C\C/C=C\C/C=C\C/C=C\C/C=C\CCCCOCC(COC1OC(CO)C(O)C(OS(=O)(=O)O)C1O)OC(=O)CCCCCCCCCCCCCCCC. The van der Waals surface area contributed by atoms with Crippen LogP contribution in [0.4, 0.5) is 0 Å². The van der Waals surface area contributed by atoms with Crippen LogP contribution in [0.1, 0.15) is 162 Å². The number of carbonyl (C=O) groups excluding carboxylic acids is 1. The lowest BCUT2D eigenvalue weighted by molar-refractivity contribution is -0.301. The van der Waals surface area contributed by atoms with Crippen LogP contribution >= 0.6 is 0 Å². The van der Waals surface area contributed by atoms with Crippen molar-refractivity contribution in [1.29, 1.82) is 0 Å². The number of aliphatic hydroxyl groups excluding tert-OH is 3. The van der Waals surface area contributed by atoms with E-state index in [4.69, 9.17) is 23.5 Å². The Labute approximate surface area is 357 Å². The summed E-state index contributed by atoms with van der Waals surface area (Å²) in [5.41, 5.74) is 0. The Morgan fingerprint density at radius 1 is 0.661 bits per heavy atom. The molecule has 1 heterocycles. The smallest absolute Gasteiger partial charge is 0.397 e. The molecule has 4 N–H and O–H groups in total. The summed E-state index contributed by atoms with van der Waals surface area (Å²) in [6.07, 6.45) is 36.9. The minimum atomic E-state index is -5.07. The molecule has 0 aromatic heterocycles. The van der Waals surface area contributed by atoms with Crippen molar-refractivity contribution in [1.82, 2.24) is 0 Å². The highest BCUT2D eigenvalue weighted by Crippen LogP contribution is 2.26. The summed E-state index contributed by atoms with van der Waals surface area (Å²) < 4.78 is 59.0. The number of hydrogen-bond donors (Lipinski definition) is 4. The van der Waals surface area contributed by atoms with Gasteiger partial charge in [0.1, 0.15) is 30.5 Å². The number of hydrogen-bond acceptors (Lipinski definition) is 11. The molecule has 0 radical (unpaired) electrons. The quantitative estimate of drug-likeness (QED) is 0.0201. The van der Waals surface area contributed by atoms with E-state index in [9.17, 15) is 28.5 Å². The van der Waals surface area contributed by atoms with Gasteiger partial charge in [-0.15, -0.1) is 0 Å². The summed E-state index contributed by atoms with van der Waals surface area (Å²) in [5.74, 6) is -0.416. The zero-order valence-corrected chi connectivity index (χ0v) is 37.1. The monoisotopic (exact) mass is 857 g/mol. The number of esters is 1. The third-order valence-corrected chi connectivity index (χ3v) is 10.4. The predicted octanol–water partition coefficient (Wildman–Crippen LogP) is 9.35. The lowest BCUT2D eigenvalue weighted by Gasteiger charge is -2.41. The second-order valence-corrected chi connectivity index (χ2v) is 16.3. The molecule has 0 amide bonds. The molecule has 0 spiro atoms. The van der Waals surface area contributed by atoms with Gasteiger partial charge >= 0.3 is 16.4 Å². The van der Waals surface area contributed by atoms with Gasteiger partial charge in [0.25, 0.3) is 0 Å². The Bertz CT molecular complexity index is 1260. The van der Waals surface area contributed by atoms with Crippen molar-refractivity contribution in [2.75, 3.05) is 26.4 Å². The number of rotatable bonds is 38. The average molecular weight is 857 g/mol. The van der Waals surface area contributed by atoms with Gasteiger partial charge in [-0.25, -0.2) is 4.18 Å². The van der Waals surface area contributed by atoms with Crippen LogP contribution in [0.3, 0.4) is 0 Å². The van der Waals surface area contributed by atoms with Crippen LogP contribution in [0.5, 0.6) is 0 Å². The van der Waals surface area contributed by atoms with Crippen LogP contribution in [0.25, 0.3) is 0 Å². The Hall–Kier alpha value is -2.20. The van der Waals surface area contributed by atoms with Crippen LogP contribution in [-0.2, 0) is 38.3 Å². The minimum Gasteiger partial charge on any atom is -0.457 e. The summed E-state index contributed by atoms with van der Waals surface area (Å²) in [6.45, 7) is 3.76. The second-order valence-electron chi connectivity index (χ2n) is 15.3. The molecule has 342 valence electrons. The second kappa shape index (κ2) is 37.6. The topological polar surface area (TPSA) is 178 Å². The van der Waals surface area contributed by atoms with Crippen molar-refractivity contribution < 1.29 is 56.2 Å². The van der Waals surface area contributed by atoms with E-state index in [1.165, 1.54) is 64.2 Å². The fraction of sp³-hybridized carbons (Fsp3) is 0.761. The first-order chi connectivity index (χ1) is 28.6. The molecular formula is C46H80O12S. The van der Waals surface area contributed by atoms with E-state index in [1.807, 2.05) is 0 Å². The highest BCUT2D eigenvalue weighted by molar-refractivity contribution is 7.80. The average Bonchev–Trinajstić information content (AvgIpc) is 3.20. The molecule has 0 aromatic rings. The van der Waals surface area contributed by atoms with E-state index in [0.29, 0.717) is 13.0 Å². The molecule has 0 aliphatic carbocycles. The number of allylic oxidation sites excluding steroid dienone is 10. The van der Waals surface area contributed by atoms with Gasteiger partial charge in [0.05, 0.1) is 19.8 Å². The maximum Gasteiger partial charge on any atom is 0.397 e. The molecule has 59 heavy (non-hydrogen) atoms. The first-order valence-corrected chi connectivity index (χ1v) is 23.9. The van der Waals surface area contributed by atoms with Gasteiger partial charge in [0.15, 0.2) is 6.29 Å². The third kappa shape index (κ3) is 31.3. The van der Waals surface area contributed by atoms with Crippen molar-refractivity contribution in [3.8, 4) is 0 Å². The standard InChI is InChI=1S/C46H80O12S/c1-3-5-7-9-11-13-15-17-19-20-21-22-24-26-28-30-32-34-36-54-38-40(39-55-46-44(50)45(58-59(51,52)53)43(49)41(37-47)57-46)56-42(48)35-33-31-29-27-25-23-18-16-14-12-10-8-6-4-2/h5,7,11,13,17,19,21-22,26,28,40-41,43-47,49-50H,3-4,6,8-10,12,14-16,18,20,23-25,27,29-39H2,1-2H3,(H,51,52,53)/b7-5-,13-11-,19-17-,22-21-,28-26-. The van der Waals surface area contributed by atoms with Crippen molar-refractivity contribution >= 4 is 16.4 Å². The van der Waals surface area contributed by atoms with Crippen molar-refractivity contribution in [2.45, 2.75) is 198 Å². The lowest BCUT2D eigenvalue weighted by Crippen LogP contribution is -2.60. The van der Waals surface area contributed by atoms with E-state index in [1.54, 1.807) is 0 Å². The highest BCUT2D eigenvalue weighted by Gasteiger charge is 2.48. The van der Waals surface area contributed by atoms with Gasteiger partial charge in [0, 0.05) is 13.0 Å². The molecule has 6 unspecified atom stereocenters. The van der Waals surface area contributed by atoms with Crippen LogP contribution in [-0.4, -0.2) is 97.5 Å². The summed E-state index contributed by atoms with van der Waals surface area (Å²) in [4.78, 5) is 12.8. The molecule has 0 bridgehead atoms. The van der Waals surface area contributed by atoms with Crippen LogP contribution < -0.4 is 0 Å². The lowest BCUT2D eigenvalue weighted by atomic mass is 9.99. The maximum absolute atomic E-state index is 12.8. The third-order valence-electron chi connectivity index (χ3n) is 9.90. The van der Waals surface area contributed by atoms with Crippen LogP contribution in [0, 0.1) is 0 Å². The normalized spacial score (nSPS) is 20.9. The Balaban J connectivity index is 2.47. The first kappa shape index (κ1) is 54.8. The number of aliphatic hydroxyl groups is 3. The molecular weight excluding hydrogens is 777 g/mol. The first-order valence-electron chi connectivity index (χ1n) is 22.5. The summed E-state index contributed by atoms with van der Waals surface area (Å²) in [7, 11) is -5.07. The van der Waals surface area contributed by atoms with Gasteiger partial charge in [-0.1, -0.05) is 158 Å². The summed E-state index contributed by atoms with van der Waals surface area (Å²) in [5, 5.41) is 30.6. The number of carbonyl (C=O) groups is 1. The van der Waals surface area contributed by atoms with Gasteiger partial charge < -0.3 is 34.3 Å². The van der Waals surface area contributed by atoms with Gasteiger partial charge in [-0.2, -0.15) is 8.42 Å². The van der Waals surface area contributed by atoms with Crippen molar-refractivity contribution in [2.24, 2.45) is 0 Å². The Kier molecular flexibility index (Phi) is 34.9. The fourth-order valence-electron chi connectivity index (χ4n) is 6.52. The molecule has 1 saturated heterocycles. The molecule has 1 fully saturated rings. The van der Waals surface area contributed by atoms with Crippen LogP contribution in [0.2, 0.25) is 0 Å². The van der Waals surface area contributed by atoms with Gasteiger partial charge in [0.2, 0.25) is 0 Å². The molecule has 6 atom stereocenters. The maximum atomic E-state index is 12.8. The van der Waals surface area contributed by atoms with Crippen molar-refractivity contribution in [3.63, 3.8) is 0 Å². The summed E-state index contributed by atoms with van der Waals surface area (Å²) >= 11 is 0. The van der Waals surface area contributed by atoms with E-state index in [2.05, 4.69) is 78.8 Å². The Morgan fingerprint density at radius 2 is 1.17 bits per heavy atom. The van der Waals surface area contributed by atoms with E-state index >= 15 is 0 Å². The Morgan fingerprint density at radius 3 is 1.68 bits per heavy atom. The molecule has 1 aliphatic heterocycles. The molecule has 1 aliphatic rings. The molecule has 12 nitrogen and oxygen atoms in total. The van der Waals surface area contributed by atoms with Gasteiger partial charge in [-0.05, 0) is 57.8 Å². The molecule has 0 aromatic carbocycles. The fourth-order valence-corrected chi connectivity index (χ4v) is 7.03. The van der Waals surface area contributed by atoms with Gasteiger partial charge in [-0.3, -0.25) is 9.35 Å². The predicted molar refractivity (Wildman–Crippen MR) is 234 cm³/mol. The molecule has 13 heteroatoms. The molecule has 1 rings (SSSR count).